The van der Waals surface area contributed by atoms with Crippen LogP contribution in [0.25, 0.3) is 11.3 Å². The molecule has 0 fully saturated rings. The summed E-state index contributed by atoms with van der Waals surface area (Å²) in [4.78, 5) is 19.6. The molecule has 0 aliphatic carbocycles. The van der Waals surface area contributed by atoms with Crippen LogP contribution in [-0.4, -0.2) is 16.0 Å². The molecule has 158 valence electrons. The summed E-state index contributed by atoms with van der Waals surface area (Å²) in [6, 6.07) is 16.0. The largest absolute Gasteiger partial charge is 0.361 e. The van der Waals surface area contributed by atoms with Gasteiger partial charge in [0.1, 0.15) is 11.6 Å². The van der Waals surface area contributed by atoms with Crippen molar-refractivity contribution in [3.8, 4) is 11.3 Å². The van der Waals surface area contributed by atoms with E-state index in [0.29, 0.717) is 24.5 Å². The Morgan fingerprint density at radius 3 is 2.52 bits per heavy atom. The van der Waals surface area contributed by atoms with Crippen LogP contribution in [0.4, 0.5) is 9.52 Å². The zero-order valence-corrected chi connectivity index (χ0v) is 18.2. The van der Waals surface area contributed by atoms with Gasteiger partial charge in [-0.05, 0) is 38.0 Å². The predicted molar refractivity (Wildman–Crippen MR) is 119 cm³/mol. The molecule has 2 aromatic heterocycles. The van der Waals surface area contributed by atoms with Crippen LogP contribution >= 0.6 is 11.3 Å². The summed E-state index contributed by atoms with van der Waals surface area (Å²) in [5.74, 6) is 0.370. The number of nitrogens with zero attached hydrogens (tertiary/aromatic N) is 3. The van der Waals surface area contributed by atoms with Gasteiger partial charge in [-0.25, -0.2) is 9.37 Å². The van der Waals surface area contributed by atoms with Crippen LogP contribution in [0.2, 0.25) is 0 Å². The van der Waals surface area contributed by atoms with Crippen molar-refractivity contribution in [2.45, 2.75) is 33.2 Å². The lowest BCUT2D eigenvalue weighted by Gasteiger charge is -2.20. The molecular weight excluding hydrogens is 413 g/mol. The summed E-state index contributed by atoms with van der Waals surface area (Å²) in [7, 11) is 0. The number of benzene rings is 2. The molecule has 2 aromatic carbocycles. The summed E-state index contributed by atoms with van der Waals surface area (Å²) >= 11 is 1.42. The van der Waals surface area contributed by atoms with Crippen molar-refractivity contribution in [3.63, 3.8) is 0 Å². The van der Waals surface area contributed by atoms with Gasteiger partial charge in [-0.1, -0.05) is 47.6 Å². The highest BCUT2D eigenvalue weighted by Gasteiger charge is 2.21. The molecule has 4 rings (SSSR count). The fraction of sp³-hybridized carbons (Fsp3) is 0.208. The van der Waals surface area contributed by atoms with E-state index < -0.39 is 0 Å². The first kappa shape index (κ1) is 20.9. The summed E-state index contributed by atoms with van der Waals surface area (Å²) in [6.45, 7) is 4.05. The quantitative estimate of drug-likeness (QED) is 0.372. The highest BCUT2D eigenvalue weighted by molar-refractivity contribution is 7.14. The van der Waals surface area contributed by atoms with Gasteiger partial charge in [-0.15, -0.1) is 11.3 Å². The number of carbonyl (C=O) groups is 1. The standard InChI is InChI=1S/C24H22FN3O2S/c1-16-21(17(2)30-27-16)12-13-23(29)28(14-18-8-10-20(25)11-9-18)24-26-22(15-31-24)19-6-4-3-5-7-19/h3-11,15H,12-14H2,1-2H3. The van der Waals surface area contributed by atoms with Crippen LogP contribution in [0.3, 0.4) is 0 Å². The second-order valence-electron chi connectivity index (χ2n) is 7.29. The third-order valence-corrected chi connectivity index (χ3v) is 5.98. The van der Waals surface area contributed by atoms with Crippen LogP contribution in [0.5, 0.6) is 0 Å². The number of aryl methyl sites for hydroxylation is 2. The summed E-state index contributed by atoms with van der Waals surface area (Å²) in [5, 5.41) is 6.53. The lowest BCUT2D eigenvalue weighted by atomic mass is 10.1. The number of amides is 1. The molecule has 0 saturated carbocycles. The van der Waals surface area contributed by atoms with E-state index in [2.05, 4.69) is 5.16 Å². The lowest BCUT2D eigenvalue weighted by molar-refractivity contribution is -0.118. The second-order valence-corrected chi connectivity index (χ2v) is 8.13. The lowest BCUT2D eigenvalue weighted by Crippen LogP contribution is -2.30. The predicted octanol–water partition coefficient (Wildman–Crippen LogP) is 5.72. The number of aromatic nitrogens is 2. The van der Waals surface area contributed by atoms with Crippen molar-refractivity contribution in [2.24, 2.45) is 0 Å². The smallest absolute Gasteiger partial charge is 0.229 e. The van der Waals surface area contributed by atoms with Gasteiger partial charge >= 0.3 is 0 Å². The Bertz CT molecular complexity index is 1150. The molecule has 0 atom stereocenters. The average Bonchev–Trinajstić information content (AvgIpc) is 3.39. The van der Waals surface area contributed by atoms with Crippen molar-refractivity contribution in [3.05, 3.63) is 88.4 Å². The minimum Gasteiger partial charge on any atom is -0.361 e. The topological polar surface area (TPSA) is 59.2 Å². The highest BCUT2D eigenvalue weighted by Crippen LogP contribution is 2.29. The van der Waals surface area contributed by atoms with Gasteiger partial charge in [0.15, 0.2) is 5.13 Å². The Labute approximate surface area is 184 Å². The van der Waals surface area contributed by atoms with Crippen LogP contribution in [0.1, 0.15) is 29.0 Å². The van der Waals surface area contributed by atoms with Crippen molar-refractivity contribution in [1.82, 2.24) is 10.1 Å². The number of thiazole rings is 1. The minimum absolute atomic E-state index is 0.0571. The molecule has 1 amide bonds. The molecule has 31 heavy (non-hydrogen) atoms. The molecule has 0 aliphatic rings. The normalized spacial score (nSPS) is 10.9. The highest BCUT2D eigenvalue weighted by atomic mass is 32.1. The maximum Gasteiger partial charge on any atom is 0.229 e. The molecule has 2 heterocycles. The van der Waals surface area contributed by atoms with Gasteiger partial charge in [0.25, 0.3) is 0 Å². The summed E-state index contributed by atoms with van der Waals surface area (Å²) < 4.78 is 18.6. The first-order valence-electron chi connectivity index (χ1n) is 9.99. The minimum atomic E-state index is -0.305. The van der Waals surface area contributed by atoms with E-state index >= 15 is 0 Å². The third kappa shape index (κ3) is 4.88. The van der Waals surface area contributed by atoms with E-state index in [1.165, 1.54) is 23.5 Å². The fourth-order valence-electron chi connectivity index (χ4n) is 3.39. The van der Waals surface area contributed by atoms with E-state index in [4.69, 9.17) is 9.51 Å². The van der Waals surface area contributed by atoms with Gasteiger partial charge in [-0.3, -0.25) is 9.69 Å². The van der Waals surface area contributed by atoms with Gasteiger partial charge in [0, 0.05) is 22.9 Å². The van der Waals surface area contributed by atoms with E-state index in [9.17, 15) is 9.18 Å². The number of rotatable bonds is 7. The number of hydrogen-bond donors (Lipinski definition) is 0. The zero-order valence-electron chi connectivity index (χ0n) is 17.3. The average molecular weight is 436 g/mol. The molecule has 7 heteroatoms. The maximum atomic E-state index is 13.3. The number of carbonyl (C=O) groups excluding carboxylic acids is 1. The first-order chi connectivity index (χ1) is 15.0. The molecule has 0 N–H and O–H groups in total. The van der Waals surface area contributed by atoms with Crippen LogP contribution in [0, 0.1) is 19.7 Å². The molecular formula is C24H22FN3O2S. The van der Waals surface area contributed by atoms with Crippen LogP contribution < -0.4 is 4.90 Å². The Balaban J connectivity index is 1.59. The number of hydrogen-bond acceptors (Lipinski definition) is 5. The van der Waals surface area contributed by atoms with Gasteiger partial charge < -0.3 is 4.52 Å². The maximum absolute atomic E-state index is 13.3. The SMILES string of the molecule is Cc1noc(C)c1CCC(=O)N(Cc1ccc(F)cc1)c1nc(-c2ccccc2)cs1. The van der Waals surface area contributed by atoms with Crippen molar-refractivity contribution in [1.29, 1.82) is 0 Å². The van der Waals surface area contributed by atoms with Gasteiger partial charge in [0.2, 0.25) is 5.91 Å². The van der Waals surface area contributed by atoms with E-state index in [-0.39, 0.29) is 11.7 Å². The Hall–Kier alpha value is -3.32. The molecule has 0 saturated heterocycles. The van der Waals surface area contributed by atoms with Gasteiger partial charge in [-0.2, -0.15) is 0 Å². The molecule has 5 nitrogen and oxygen atoms in total. The molecule has 0 radical (unpaired) electrons. The zero-order chi connectivity index (χ0) is 21.8. The monoisotopic (exact) mass is 435 g/mol. The molecule has 4 aromatic rings. The van der Waals surface area contributed by atoms with Crippen molar-refractivity contribution < 1.29 is 13.7 Å². The van der Waals surface area contributed by atoms with Crippen LogP contribution in [0.15, 0.2) is 64.5 Å². The summed E-state index contributed by atoms with van der Waals surface area (Å²) in [6.07, 6.45) is 0.834. The van der Waals surface area contributed by atoms with E-state index in [1.807, 2.05) is 49.6 Å². The van der Waals surface area contributed by atoms with Crippen molar-refractivity contribution in [2.75, 3.05) is 4.90 Å². The Morgan fingerprint density at radius 1 is 1.10 bits per heavy atom. The Morgan fingerprint density at radius 2 is 1.84 bits per heavy atom. The van der Waals surface area contributed by atoms with Crippen molar-refractivity contribution >= 4 is 22.4 Å². The fourth-order valence-corrected chi connectivity index (χ4v) is 4.24. The second kappa shape index (κ2) is 9.22. The van der Waals surface area contributed by atoms with Gasteiger partial charge in [0.05, 0.1) is 17.9 Å². The van der Waals surface area contributed by atoms with E-state index in [0.717, 1.165) is 33.8 Å². The molecule has 0 aliphatic heterocycles. The van der Waals surface area contributed by atoms with E-state index in [1.54, 1.807) is 17.0 Å². The molecule has 0 spiro atoms. The Kier molecular flexibility index (Phi) is 6.23. The molecule has 0 bridgehead atoms. The third-order valence-electron chi connectivity index (χ3n) is 5.12. The summed E-state index contributed by atoms with van der Waals surface area (Å²) in [5.41, 5.74) is 4.41. The first-order valence-corrected chi connectivity index (χ1v) is 10.9. The molecule has 0 unspecified atom stereocenters. The van der Waals surface area contributed by atoms with Crippen LogP contribution in [-0.2, 0) is 17.8 Å². The number of halogens is 1. The number of anilines is 1.